The summed E-state index contributed by atoms with van der Waals surface area (Å²) in [6, 6.07) is 12.6. The minimum atomic E-state index is -0.480. The van der Waals surface area contributed by atoms with Crippen molar-refractivity contribution in [1.29, 1.82) is 0 Å². The van der Waals surface area contributed by atoms with Crippen LogP contribution in [0.5, 0.6) is 5.75 Å². The third-order valence-corrected chi connectivity index (χ3v) is 6.63. The predicted octanol–water partition coefficient (Wildman–Crippen LogP) is 3.18. The molecule has 5 rings (SSSR count). The van der Waals surface area contributed by atoms with Crippen LogP contribution in [0.1, 0.15) is 28.8 Å². The lowest BCUT2D eigenvalue weighted by Crippen LogP contribution is -2.32. The molecule has 186 valence electrons. The largest absolute Gasteiger partial charge is 0.490 e. The third-order valence-electron chi connectivity index (χ3n) is 6.63. The molecule has 1 N–H and O–H groups in total. The van der Waals surface area contributed by atoms with Crippen molar-refractivity contribution in [2.45, 2.75) is 19.4 Å². The van der Waals surface area contributed by atoms with Crippen LogP contribution in [0.25, 0.3) is 22.5 Å². The van der Waals surface area contributed by atoms with Crippen molar-refractivity contribution in [3.05, 3.63) is 76.5 Å². The van der Waals surface area contributed by atoms with Crippen molar-refractivity contribution < 1.29 is 13.9 Å². The Morgan fingerprint density at radius 1 is 1.14 bits per heavy atom. The molecule has 1 fully saturated rings. The Morgan fingerprint density at radius 2 is 1.92 bits per heavy atom. The summed E-state index contributed by atoms with van der Waals surface area (Å²) in [5.41, 5.74) is 3.17. The maximum Gasteiger partial charge on any atom is 0.420 e. The predicted molar refractivity (Wildman–Crippen MR) is 136 cm³/mol. The van der Waals surface area contributed by atoms with E-state index in [1.807, 2.05) is 24.3 Å². The lowest BCUT2D eigenvalue weighted by molar-refractivity contribution is 0.0963. The molecule has 36 heavy (non-hydrogen) atoms. The molecule has 0 bridgehead atoms. The minimum Gasteiger partial charge on any atom is -0.490 e. The first-order valence-corrected chi connectivity index (χ1v) is 12.1. The van der Waals surface area contributed by atoms with Gasteiger partial charge in [0.15, 0.2) is 17.2 Å². The van der Waals surface area contributed by atoms with E-state index in [9.17, 15) is 9.59 Å². The van der Waals surface area contributed by atoms with Crippen LogP contribution in [0.2, 0.25) is 0 Å². The number of nitrogens with zero attached hydrogens (tertiary/aromatic N) is 4. The van der Waals surface area contributed by atoms with Crippen molar-refractivity contribution in [2.24, 2.45) is 5.92 Å². The fourth-order valence-corrected chi connectivity index (χ4v) is 4.47. The Hall–Kier alpha value is -3.98. The zero-order chi connectivity index (χ0) is 25.1. The van der Waals surface area contributed by atoms with Gasteiger partial charge in [-0.1, -0.05) is 18.2 Å². The molecular formula is C27H29N5O4. The number of likely N-dealkylation sites (tertiary alicyclic amines) is 1. The van der Waals surface area contributed by atoms with Crippen LogP contribution in [-0.4, -0.2) is 59.1 Å². The summed E-state index contributed by atoms with van der Waals surface area (Å²) in [7, 11) is 3.72. The minimum absolute atomic E-state index is 0.227. The summed E-state index contributed by atoms with van der Waals surface area (Å²) in [6.45, 7) is 3.18. The van der Waals surface area contributed by atoms with E-state index in [0.29, 0.717) is 40.8 Å². The molecule has 1 aliphatic rings. The summed E-state index contributed by atoms with van der Waals surface area (Å²) in [5.74, 6) is 1.10. The number of hydrogen-bond acceptors (Lipinski definition) is 7. The molecule has 2 aromatic heterocycles. The van der Waals surface area contributed by atoms with Crippen molar-refractivity contribution in [2.75, 3.05) is 33.8 Å². The smallest absolute Gasteiger partial charge is 0.420 e. The van der Waals surface area contributed by atoms with Gasteiger partial charge in [0.25, 0.3) is 5.91 Å². The molecule has 9 heteroatoms. The second-order valence-electron chi connectivity index (χ2n) is 9.22. The highest BCUT2D eigenvalue weighted by Crippen LogP contribution is 2.22. The van der Waals surface area contributed by atoms with E-state index in [2.05, 4.69) is 27.2 Å². The van der Waals surface area contributed by atoms with E-state index < -0.39 is 5.76 Å². The molecule has 4 aromatic rings. The molecule has 1 amide bonds. The van der Waals surface area contributed by atoms with Gasteiger partial charge in [0, 0.05) is 18.2 Å². The molecule has 1 aliphatic heterocycles. The van der Waals surface area contributed by atoms with Crippen LogP contribution < -0.4 is 15.8 Å². The van der Waals surface area contributed by atoms with Gasteiger partial charge < -0.3 is 19.4 Å². The average Bonchev–Trinajstić information content (AvgIpc) is 3.22. The van der Waals surface area contributed by atoms with Gasteiger partial charge in [-0.15, -0.1) is 0 Å². The van der Waals surface area contributed by atoms with E-state index in [1.165, 1.54) is 4.57 Å². The van der Waals surface area contributed by atoms with E-state index in [1.54, 1.807) is 37.6 Å². The van der Waals surface area contributed by atoms with Crippen LogP contribution in [0.3, 0.4) is 0 Å². The number of carbonyl (C=O) groups is 1. The molecule has 0 spiro atoms. The Kier molecular flexibility index (Phi) is 6.81. The zero-order valence-corrected chi connectivity index (χ0v) is 20.4. The summed E-state index contributed by atoms with van der Waals surface area (Å²) in [5, 5.41) is 2.60. The number of oxazole rings is 1. The van der Waals surface area contributed by atoms with Crippen molar-refractivity contribution in [1.82, 2.24) is 24.8 Å². The molecule has 0 atom stereocenters. The number of piperidine rings is 1. The number of fused-ring (bicyclic) bond motifs is 1. The highest BCUT2D eigenvalue weighted by Gasteiger charge is 2.17. The standard InChI is InChI=1S/C27H29N5O4/c1-28-26(33)21-6-7-24-23(13-21)32(27(34)36-24)16-19-4-3-5-20(12-19)25-29-14-22(15-30-25)35-17-18-8-10-31(2)11-9-18/h3-7,12-15,18H,8-11,16-17H2,1-2H3,(H,28,33). The Balaban J connectivity index is 1.31. The lowest BCUT2D eigenvalue weighted by Gasteiger charge is -2.28. The topological polar surface area (TPSA) is 102 Å². The summed E-state index contributed by atoms with van der Waals surface area (Å²) in [4.78, 5) is 35.9. The number of rotatable bonds is 7. The van der Waals surface area contributed by atoms with Gasteiger partial charge in [-0.3, -0.25) is 9.36 Å². The molecule has 1 saturated heterocycles. The maximum atomic E-state index is 12.5. The Morgan fingerprint density at radius 3 is 2.67 bits per heavy atom. The molecule has 0 unspecified atom stereocenters. The molecule has 9 nitrogen and oxygen atoms in total. The SMILES string of the molecule is CNC(=O)c1ccc2oc(=O)n(Cc3cccc(-c4ncc(OCC5CCN(C)CC5)cn4)c3)c2c1. The van der Waals surface area contributed by atoms with Gasteiger partial charge >= 0.3 is 5.76 Å². The number of benzene rings is 2. The summed E-state index contributed by atoms with van der Waals surface area (Å²) < 4.78 is 12.8. The molecule has 0 aliphatic carbocycles. The normalized spacial score (nSPS) is 14.7. The van der Waals surface area contributed by atoms with E-state index in [0.717, 1.165) is 37.1 Å². The number of ether oxygens (including phenoxy) is 1. The third kappa shape index (κ3) is 5.16. The second-order valence-corrected chi connectivity index (χ2v) is 9.22. The van der Waals surface area contributed by atoms with Crippen LogP contribution in [0.4, 0.5) is 0 Å². The monoisotopic (exact) mass is 487 g/mol. The van der Waals surface area contributed by atoms with Crippen molar-refractivity contribution in [3.63, 3.8) is 0 Å². The quantitative estimate of drug-likeness (QED) is 0.427. The van der Waals surface area contributed by atoms with Gasteiger partial charge in [-0.2, -0.15) is 0 Å². The van der Waals surface area contributed by atoms with Gasteiger partial charge in [0.1, 0.15) is 0 Å². The Labute approximate surface area is 208 Å². The molecule has 2 aromatic carbocycles. The van der Waals surface area contributed by atoms with Gasteiger partial charge in [0.05, 0.1) is 31.1 Å². The molecule has 3 heterocycles. The fourth-order valence-electron chi connectivity index (χ4n) is 4.47. The van der Waals surface area contributed by atoms with Gasteiger partial charge in [-0.05, 0) is 68.7 Å². The number of hydrogen-bond donors (Lipinski definition) is 1. The van der Waals surface area contributed by atoms with Crippen LogP contribution in [0.15, 0.2) is 64.1 Å². The first-order chi connectivity index (χ1) is 17.5. The highest BCUT2D eigenvalue weighted by atomic mass is 16.5. The molecule has 0 saturated carbocycles. The van der Waals surface area contributed by atoms with Crippen LogP contribution >= 0.6 is 0 Å². The van der Waals surface area contributed by atoms with Gasteiger partial charge in [0.2, 0.25) is 0 Å². The number of carbonyl (C=O) groups excluding carboxylic acids is 1. The van der Waals surface area contributed by atoms with Crippen molar-refractivity contribution >= 4 is 17.0 Å². The second kappa shape index (κ2) is 10.3. The van der Waals surface area contributed by atoms with Crippen LogP contribution in [0, 0.1) is 5.92 Å². The first-order valence-electron chi connectivity index (χ1n) is 12.1. The van der Waals surface area contributed by atoms with E-state index >= 15 is 0 Å². The van der Waals surface area contributed by atoms with Crippen LogP contribution in [-0.2, 0) is 6.54 Å². The zero-order valence-electron chi connectivity index (χ0n) is 20.4. The van der Waals surface area contributed by atoms with E-state index in [-0.39, 0.29) is 12.5 Å². The molecule has 0 radical (unpaired) electrons. The van der Waals surface area contributed by atoms with Gasteiger partial charge in [-0.25, -0.2) is 14.8 Å². The van der Waals surface area contributed by atoms with Crippen molar-refractivity contribution in [3.8, 4) is 17.1 Å². The number of nitrogens with one attached hydrogen (secondary N) is 1. The lowest BCUT2D eigenvalue weighted by atomic mass is 9.98. The average molecular weight is 488 g/mol. The number of aromatic nitrogens is 3. The van der Waals surface area contributed by atoms with E-state index in [4.69, 9.17) is 9.15 Å². The number of amides is 1. The molecular weight excluding hydrogens is 458 g/mol. The summed E-state index contributed by atoms with van der Waals surface area (Å²) in [6.07, 6.45) is 5.70. The fraction of sp³-hybridized carbons (Fsp3) is 0.333. The Bertz CT molecular complexity index is 1420. The first kappa shape index (κ1) is 23.7. The summed E-state index contributed by atoms with van der Waals surface area (Å²) >= 11 is 0. The highest BCUT2D eigenvalue weighted by molar-refractivity contribution is 5.96. The maximum absolute atomic E-state index is 12.5.